The fraction of sp³-hybridized carbons (Fsp3) is 0.500. The van der Waals surface area contributed by atoms with Crippen LogP contribution in [-0.2, 0) is 11.2 Å². The Labute approximate surface area is 196 Å². The van der Waals surface area contributed by atoms with E-state index in [0.29, 0.717) is 18.2 Å². The lowest BCUT2D eigenvalue weighted by Gasteiger charge is -2.41. The number of carbonyl (C=O) groups excluding carboxylic acids is 1. The summed E-state index contributed by atoms with van der Waals surface area (Å²) in [7, 11) is 0. The lowest BCUT2D eigenvalue weighted by Crippen LogP contribution is -2.58. The van der Waals surface area contributed by atoms with Gasteiger partial charge < -0.3 is 16.2 Å². The Bertz CT molecular complexity index is 841. The predicted octanol–water partition coefficient (Wildman–Crippen LogP) is 3.46. The minimum atomic E-state index is -0.696. The highest BCUT2D eigenvalue weighted by Crippen LogP contribution is 2.33. The Morgan fingerprint density at radius 1 is 1.16 bits per heavy atom. The van der Waals surface area contributed by atoms with Crippen LogP contribution in [0.25, 0.3) is 0 Å². The summed E-state index contributed by atoms with van der Waals surface area (Å²) >= 11 is 1.84. The van der Waals surface area contributed by atoms with Crippen LogP contribution in [0.1, 0.15) is 39.2 Å². The molecule has 2 aromatic carbocycles. The van der Waals surface area contributed by atoms with Crippen molar-refractivity contribution in [2.45, 2.75) is 73.9 Å². The fourth-order valence-electron chi connectivity index (χ4n) is 4.12. The highest BCUT2D eigenvalue weighted by Gasteiger charge is 2.36. The van der Waals surface area contributed by atoms with Crippen LogP contribution in [0.5, 0.6) is 0 Å². The van der Waals surface area contributed by atoms with Crippen LogP contribution in [0.15, 0.2) is 65.6 Å². The number of hydrogen-bond donors (Lipinski definition) is 3. The van der Waals surface area contributed by atoms with Crippen molar-refractivity contribution in [3.63, 3.8) is 0 Å². The predicted molar refractivity (Wildman–Crippen MR) is 133 cm³/mol. The van der Waals surface area contributed by atoms with Crippen LogP contribution in [0.4, 0.5) is 0 Å². The molecule has 32 heavy (non-hydrogen) atoms. The first-order valence-corrected chi connectivity index (χ1v) is 12.3. The number of aliphatic hydroxyl groups excluding tert-OH is 1. The molecule has 0 aliphatic carbocycles. The topological polar surface area (TPSA) is 78.6 Å². The third-order valence-electron chi connectivity index (χ3n) is 5.74. The second-order valence-corrected chi connectivity index (χ2v) is 11.1. The van der Waals surface area contributed by atoms with E-state index in [4.69, 9.17) is 5.73 Å². The standard InChI is InChI=1S/C26H37N3O2S/c1-26(2,3)28-25(31)23-17-21(32-20-12-8-5-9-13-20)14-15-29(23)18-24(30)22(27)16-19-10-6-4-7-11-19/h4-13,21-24,30H,14-18,27H2,1-3H3,(H,28,31)/t21-,22+,23+,24-/m1/s1. The van der Waals surface area contributed by atoms with Gasteiger partial charge in [-0.15, -0.1) is 11.8 Å². The number of benzene rings is 2. The van der Waals surface area contributed by atoms with E-state index in [-0.39, 0.29) is 23.5 Å². The number of piperidine rings is 1. The molecule has 0 unspecified atom stereocenters. The number of carbonyl (C=O) groups is 1. The van der Waals surface area contributed by atoms with Crippen LogP contribution in [-0.4, -0.2) is 58.0 Å². The molecule has 174 valence electrons. The molecule has 5 nitrogen and oxygen atoms in total. The van der Waals surface area contributed by atoms with Gasteiger partial charge in [0.15, 0.2) is 0 Å². The molecule has 2 aromatic rings. The highest BCUT2D eigenvalue weighted by atomic mass is 32.2. The second kappa shape index (κ2) is 11.3. The van der Waals surface area contributed by atoms with E-state index in [0.717, 1.165) is 24.9 Å². The lowest BCUT2D eigenvalue weighted by molar-refractivity contribution is -0.129. The third kappa shape index (κ3) is 7.62. The number of nitrogens with two attached hydrogens (primary N) is 1. The molecule has 0 saturated carbocycles. The number of aliphatic hydroxyl groups is 1. The molecule has 3 rings (SSSR count). The molecule has 1 aliphatic rings. The number of thioether (sulfide) groups is 1. The van der Waals surface area contributed by atoms with Crippen molar-refractivity contribution in [2.75, 3.05) is 13.1 Å². The third-order valence-corrected chi connectivity index (χ3v) is 7.05. The number of hydrogen-bond acceptors (Lipinski definition) is 5. The van der Waals surface area contributed by atoms with Crippen molar-refractivity contribution >= 4 is 17.7 Å². The number of likely N-dealkylation sites (tertiary alicyclic amines) is 1. The molecular formula is C26H37N3O2S. The van der Waals surface area contributed by atoms with Crippen LogP contribution in [0, 0.1) is 0 Å². The van der Waals surface area contributed by atoms with E-state index in [1.54, 1.807) is 0 Å². The van der Waals surface area contributed by atoms with Crippen molar-refractivity contribution < 1.29 is 9.90 Å². The molecule has 4 atom stereocenters. The van der Waals surface area contributed by atoms with Gasteiger partial charge >= 0.3 is 0 Å². The van der Waals surface area contributed by atoms with Gasteiger partial charge in [-0.1, -0.05) is 48.5 Å². The summed E-state index contributed by atoms with van der Waals surface area (Å²) in [6, 6.07) is 19.7. The highest BCUT2D eigenvalue weighted by molar-refractivity contribution is 8.00. The fourth-order valence-corrected chi connectivity index (χ4v) is 5.32. The summed E-state index contributed by atoms with van der Waals surface area (Å²) in [5, 5.41) is 14.4. The zero-order chi connectivity index (χ0) is 23.1. The molecule has 1 heterocycles. The Kier molecular flexibility index (Phi) is 8.77. The van der Waals surface area contributed by atoms with Crippen LogP contribution < -0.4 is 11.1 Å². The van der Waals surface area contributed by atoms with Crippen LogP contribution in [0.2, 0.25) is 0 Å². The summed E-state index contributed by atoms with van der Waals surface area (Å²) in [6.07, 6.45) is 1.64. The first-order valence-electron chi connectivity index (χ1n) is 11.5. The maximum Gasteiger partial charge on any atom is 0.237 e. The largest absolute Gasteiger partial charge is 0.390 e. The molecule has 0 spiro atoms. The summed E-state index contributed by atoms with van der Waals surface area (Å²) in [5.74, 6) is 0.0275. The number of amides is 1. The first kappa shape index (κ1) is 24.8. The van der Waals surface area contributed by atoms with E-state index in [1.165, 1.54) is 4.90 Å². The molecule has 0 radical (unpaired) electrons. The molecule has 1 saturated heterocycles. The number of nitrogens with one attached hydrogen (secondary N) is 1. The molecule has 1 aliphatic heterocycles. The van der Waals surface area contributed by atoms with Gasteiger partial charge in [-0.25, -0.2) is 0 Å². The molecular weight excluding hydrogens is 418 g/mol. The van der Waals surface area contributed by atoms with E-state index in [1.807, 2.05) is 81.1 Å². The van der Waals surface area contributed by atoms with E-state index in [9.17, 15) is 9.90 Å². The SMILES string of the molecule is CC(C)(C)NC(=O)[C@@H]1C[C@H](Sc2ccccc2)CCN1C[C@@H](O)[C@@H](N)Cc1ccccc1. The average Bonchev–Trinajstić information content (AvgIpc) is 2.75. The maximum absolute atomic E-state index is 13.2. The van der Waals surface area contributed by atoms with Crippen molar-refractivity contribution in [3.8, 4) is 0 Å². The van der Waals surface area contributed by atoms with Gasteiger partial charge in [0.25, 0.3) is 0 Å². The van der Waals surface area contributed by atoms with Gasteiger partial charge in [-0.05, 0) is 57.7 Å². The molecule has 0 bridgehead atoms. The molecule has 6 heteroatoms. The van der Waals surface area contributed by atoms with Gasteiger partial charge in [0.2, 0.25) is 5.91 Å². The number of nitrogens with zero attached hydrogens (tertiary/aromatic N) is 1. The van der Waals surface area contributed by atoms with E-state index < -0.39 is 6.10 Å². The van der Waals surface area contributed by atoms with Crippen LogP contribution in [0.3, 0.4) is 0 Å². The van der Waals surface area contributed by atoms with Crippen molar-refractivity contribution in [3.05, 3.63) is 66.2 Å². The zero-order valence-electron chi connectivity index (χ0n) is 19.4. The zero-order valence-corrected chi connectivity index (χ0v) is 20.2. The number of β-amino-alcohol motifs (C(OH)–C–C–N with tert-alkyl or cyclic N) is 1. The summed E-state index contributed by atoms with van der Waals surface area (Å²) in [5.41, 5.74) is 7.15. The summed E-state index contributed by atoms with van der Waals surface area (Å²) in [6.45, 7) is 7.16. The van der Waals surface area contributed by atoms with Gasteiger partial charge in [-0.3, -0.25) is 9.69 Å². The van der Waals surface area contributed by atoms with Gasteiger partial charge in [-0.2, -0.15) is 0 Å². The monoisotopic (exact) mass is 455 g/mol. The Balaban J connectivity index is 1.66. The number of rotatable bonds is 8. The van der Waals surface area contributed by atoms with Gasteiger partial charge in [0.1, 0.15) is 0 Å². The molecule has 1 amide bonds. The Morgan fingerprint density at radius 3 is 2.41 bits per heavy atom. The van der Waals surface area contributed by atoms with Gasteiger partial charge in [0, 0.05) is 34.8 Å². The smallest absolute Gasteiger partial charge is 0.237 e. The lowest BCUT2D eigenvalue weighted by atomic mass is 9.96. The Hall–Kier alpha value is -1.86. The quantitative estimate of drug-likeness (QED) is 0.568. The first-order chi connectivity index (χ1) is 15.2. The van der Waals surface area contributed by atoms with Crippen molar-refractivity contribution in [1.82, 2.24) is 10.2 Å². The van der Waals surface area contributed by atoms with E-state index in [2.05, 4.69) is 22.3 Å². The minimum absolute atomic E-state index is 0.0275. The molecule has 4 N–H and O–H groups in total. The second-order valence-electron chi connectivity index (χ2n) is 9.75. The normalized spacial score (nSPS) is 21.7. The summed E-state index contributed by atoms with van der Waals surface area (Å²) in [4.78, 5) is 16.5. The summed E-state index contributed by atoms with van der Waals surface area (Å²) < 4.78 is 0. The molecule has 0 aromatic heterocycles. The van der Waals surface area contributed by atoms with Crippen molar-refractivity contribution in [2.24, 2.45) is 5.73 Å². The Morgan fingerprint density at radius 2 is 1.78 bits per heavy atom. The van der Waals surface area contributed by atoms with Crippen molar-refractivity contribution in [1.29, 1.82) is 0 Å². The average molecular weight is 456 g/mol. The van der Waals surface area contributed by atoms with Crippen LogP contribution >= 0.6 is 11.8 Å². The minimum Gasteiger partial charge on any atom is -0.390 e. The van der Waals surface area contributed by atoms with Gasteiger partial charge in [0.05, 0.1) is 12.1 Å². The van der Waals surface area contributed by atoms with E-state index >= 15 is 0 Å². The maximum atomic E-state index is 13.2. The molecule has 1 fully saturated rings.